The highest BCUT2D eigenvalue weighted by Gasteiger charge is 3.01. The molecule has 1 aliphatic heterocycles. The number of aliphatic hydroxyl groups excluding tert-OH is 1. The third-order valence-corrected chi connectivity index (χ3v) is 10.2. The van der Waals surface area contributed by atoms with E-state index in [1.807, 2.05) is 13.8 Å². The molecule has 8 rings (SSSR count). The number of hydrogen-bond acceptors (Lipinski definition) is 8. The fourth-order valence-electron chi connectivity index (χ4n) is 9.05. The molecular weight excluding hydrogens is 402 g/mol. The van der Waals surface area contributed by atoms with E-state index in [2.05, 4.69) is 5.32 Å². The molecule has 9 atom stereocenters. The Bertz CT molecular complexity index is 964. The predicted octanol–water partition coefficient (Wildman–Crippen LogP) is 0.681. The Morgan fingerprint density at radius 3 is 2.65 bits per heavy atom. The van der Waals surface area contributed by atoms with E-state index in [0.29, 0.717) is 32.1 Å². The standard InChI is InChI=1S/C23H29NO7/c1-4-19(3)9-15(31-16(28)10-30-11(2)25)22-17-12-7-21(12,18(19)29)20(8-13(17)26)6-5-14(27)23(20,22)24-22/h12-13,15,17,24,26H,4-10H2,1-3H3/t12?,13?,15-,17?,19-,20?,21?,22?,23?/m1/s1. The van der Waals surface area contributed by atoms with Gasteiger partial charge in [-0.05, 0) is 38.0 Å². The molecule has 168 valence electrons. The van der Waals surface area contributed by atoms with Crippen LogP contribution in [-0.2, 0) is 28.7 Å². The summed E-state index contributed by atoms with van der Waals surface area (Å²) in [5.74, 6) is -1.29. The molecule has 7 saturated carbocycles. The molecule has 1 heterocycles. The summed E-state index contributed by atoms with van der Waals surface area (Å²) in [5.41, 5.74) is -3.58. The number of carbonyl (C=O) groups is 4. The average Bonchev–Trinajstić information content (AvgIpc) is 3.60. The maximum Gasteiger partial charge on any atom is 0.344 e. The first-order valence-corrected chi connectivity index (χ1v) is 11.4. The lowest BCUT2D eigenvalue weighted by atomic mass is 9.41. The van der Waals surface area contributed by atoms with E-state index in [4.69, 9.17) is 9.47 Å². The molecule has 1 saturated heterocycles. The second-order valence-corrected chi connectivity index (χ2v) is 11.0. The van der Waals surface area contributed by atoms with Crippen LogP contribution in [0.3, 0.4) is 0 Å². The molecule has 0 aromatic heterocycles. The van der Waals surface area contributed by atoms with Gasteiger partial charge in [-0.1, -0.05) is 13.8 Å². The van der Waals surface area contributed by atoms with E-state index in [-0.39, 0.29) is 23.4 Å². The Balaban J connectivity index is 1.50. The Morgan fingerprint density at radius 1 is 1.23 bits per heavy atom. The summed E-state index contributed by atoms with van der Waals surface area (Å²) in [5, 5.41) is 14.7. The molecule has 8 nitrogen and oxygen atoms in total. The number of aliphatic hydroxyl groups is 1. The van der Waals surface area contributed by atoms with Crippen LogP contribution in [0.5, 0.6) is 0 Å². The third kappa shape index (κ3) is 1.78. The first-order chi connectivity index (χ1) is 14.6. The van der Waals surface area contributed by atoms with Crippen LogP contribution < -0.4 is 5.32 Å². The van der Waals surface area contributed by atoms with Crippen molar-refractivity contribution < 1.29 is 33.8 Å². The summed E-state index contributed by atoms with van der Waals surface area (Å²) in [6.45, 7) is 4.64. The second-order valence-electron chi connectivity index (χ2n) is 11.0. The van der Waals surface area contributed by atoms with Crippen LogP contribution in [0.4, 0.5) is 0 Å². The zero-order valence-corrected chi connectivity index (χ0v) is 18.2. The van der Waals surface area contributed by atoms with Crippen molar-refractivity contribution in [1.29, 1.82) is 0 Å². The molecule has 0 aromatic carbocycles. The van der Waals surface area contributed by atoms with Gasteiger partial charge < -0.3 is 14.6 Å². The van der Waals surface area contributed by atoms with Crippen molar-refractivity contribution in [2.45, 2.75) is 82.6 Å². The van der Waals surface area contributed by atoms with Crippen molar-refractivity contribution in [3.63, 3.8) is 0 Å². The summed E-state index contributed by atoms with van der Waals surface area (Å²) in [4.78, 5) is 51.3. The summed E-state index contributed by atoms with van der Waals surface area (Å²) < 4.78 is 10.7. The molecule has 0 amide bonds. The zero-order chi connectivity index (χ0) is 22.2. The molecule has 31 heavy (non-hydrogen) atoms. The van der Waals surface area contributed by atoms with Crippen LogP contribution in [0.15, 0.2) is 0 Å². The number of rotatable bonds is 4. The number of Topliss-reactive ketones (excluding diaryl/α,β-unsaturated/α-hetero) is 2. The minimum Gasteiger partial charge on any atom is -0.458 e. The summed E-state index contributed by atoms with van der Waals surface area (Å²) in [6.07, 6.45) is 1.67. The van der Waals surface area contributed by atoms with Crippen LogP contribution in [0.2, 0.25) is 0 Å². The highest BCUT2D eigenvalue weighted by atomic mass is 16.6. The third-order valence-electron chi connectivity index (χ3n) is 10.2. The van der Waals surface area contributed by atoms with Gasteiger partial charge in [0.1, 0.15) is 17.4 Å². The van der Waals surface area contributed by atoms with Gasteiger partial charge >= 0.3 is 11.9 Å². The minimum absolute atomic E-state index is 0.0126. The molecule has 4 spiro atoms. The van der Waals surface area contributed by atoms with Crippen LogP contribution in [0.25, 0.3) is 0 Å². The monoisotopic (exact) mass is 431 g/mol. The van der Waals surface area contributed by atoms with Gasteiger partial charge in [-0.2, -0.15) is 0 Å². The fourth-order valence-corrected chi connectivity index (χ4v) is 9.05. The van der Waals surface area contributed by atoms with Gasteiger partial charge in [0.2, 0.25) is 0 Å². The molecule has 8 fully saturated rings. The lowest BCUT2D eigenvalue weighted by Gasteiger charge is -2.60. The van der Waals surface area contributed by atoms with Gasteiger partial charge in [0.15, 0.2) is 12.4 Å². The first-order valence-electron chi connectivity index (χ1n) is 11.4. The van der Waals surface area contributed by atoms with E-state index < -0.39 is 58.1 Å². The molecule has 4 bridgehead atoms. The Labute approximate surface area is 180 Å². The molecule has 8 heteroatoms. The number of ketones is 2. The largest absolute Gasteiger partial charge is 0.458 e. The van der Waals surface area contributed by atoms with E-state index in [1.54, 1.807) is 0 Å². The van der Waals surface area contributed by atoms with Crippen molar-refractivity contribution in [2.24, 2.45) is 28.1 Å². The van der Waals surface area contributed by atoms with Crippen molar-refractivity contribution in [1.82, 2.24) is 5.32 Å². The lowest BCUT2D eigenvalue weighted by molar-refractivity contribution is -0.190. The van der Waals surface area contributed by atoms with Gasteiger partial charge in [0, 0.05) is 35.5 Å². The van der Waals surface area contributed by atoms with Crippen molar-refractivity contribution >= 4 is 23.5 Å². The van der Waals surface area contributed by atoms with Crippen LogP contribution in [0.1, 0.15) is 59.3 Å². The summed E-state index contributed by atoms with van der Waals surface area (Å²) >= 11 is 0. The predicted molar refractivity (Wildman–Crippen MR) is 104 cm³/mol. The zero-order valence-electron chi connectivity index (χ0n) is 18.2. The Kier molecular flexibility index (Phi) is 3.45. The topological polar surface area (TPSA) is 129 Å². The molecule has 8 aliphatic rings. The number of nitrogens with one attached hydrogen (secondary N) is 1. The molecule has 7 unspecified atom stereocenters. The molecular formula is C23H29NO7. The number of ether oxygens (including phenoxy) is 2. The van der Waals surface area contributed by atoms with E-state index in [9.17, 15) is 24.3 Å². The number of esters is 2. The molecule has 0 radical (unpaired) electrons. The Hall–Kier alpha value is -1.80. The summed E-state index contributed by atoms with van der Waals surface area (Å²) in [6, 6.07) is 0. The van der Waals surface area contributed by atoms with E-state index >= 15 is 0 Å². The smallest absolute Gasteiger partial charge is 0.344 e. The van der Waals surface area contributed by atoms with Crippen molar-refractivity contribution in [3.05, 3.63) is 0 Å². The molecule has 0 aromatic rings. The Morgan fingerprint density at radius 2 is 1.97 bits per heavy atom. The maximum atomic E-state index is 14.2. The highest BCUT2D eigenvalue weighted by Crippen LogP contribution is 2.90. The van der Waals surface area contributed by atoms with Crippen LogP contribution >= 0.6 is 0 Å². The molecule has 2 N–H and O–H groups in total. The van der Waals surface area contributed by atoms with Gasteiger partial charge in [0.05, 0.1) is 11.6 Å². The van der Waals surface area contributed by atoms with E-state index in [1.165, 1.54) is 6.92 Å². The normalized spacial score (nSPS) is 55.0. The lowest BCUT2D eigenvalue weighted by Crippen LogP contribution is -2.72. The first kappa shape index (κ1) is 19.9. The fraction of sp³-hybridized carbons (Fsp3) is 0.826. The van der Waals surface area contributed by atoms with Crippen molar-refractivity contribution in [2.75, 3.05) is 6.61 Å². The van der Waals surface area contributed by atoms with Crippen LogP contribution in [-0.4, -0.2) is 58.5 Å². The number of fused-ring (bicyclic) bond motifs is 4. The second kappa shape index (κ2) is 5.39. The van der Waals surface area contributed by atoms with E-state index in [0.717, 1.165) is 6.42 Å². The van der Waals surface area contributed by atoms with Gasteiger partial charge in [-0.15, -0.1) is 0 Å². The van der Waals surface area contributed by atoms with Gasteiger partial charge in [-0.25, -0.2) is 4.79 Å². The van der Waals surface area contributed by atoms with Gasteiger partial charge in [-0.3, -0.25) is 19.7 Å². The SMILES string of the molecule is CC[C@]1(C)C[C@@H](OC(=O)COC(C)=O)C23NC24C(=O)CCC42CC(O)C3C3CC32C1=O. The number of carbonyl (C=O) groups excluding carboxylic acids is 4. The minimum atomic E-state index is -0.895. The highest BCUT2D eigenvalue weighted by molar-refractivity contribution is 6.05. The quantitative estimate of drug-likeness (QED) is 0.491. The summed E-state index contributed by atoms with van der Waals surface area (Å²) in [7, 11) is 0. The van der Waals surface area contributed by atoms with Crippen molar-refractivity contribution in [3.8, 4) is 0 Å². The van der Waals surface area contributed by atoms with Crippen LogP contribution in [0, 0.1) is 28.1 Å². The number of hydrogen-bond donors (Lipinski definition) is 2. The van der Waals surface area contributed by atoms with Gasteiger partial charge in [0.25, 0.3) is 0 Å². The maximum absolute atomic E-state index is 14.2. The molecule has 7 aliphatic carbocycles. The average molecular weight is 431 g/mol.